The molecule has 0 aromatic carbocycles. The summed E-state index contributed by atoms with van der Waals surface area (Å²) in [7, 11) is 0. The van der Waals surface area contributed by atoms with E-state index in [1.54, 1.807) is 6.92 Å². The first-order chi connectivity index (χ1) is 7.64. The highest BCUT2D eigenvalue weighted by Crippen LogP contribution is 2.13. The Balaban J connectivity index is 0.000000325. The number of nitrogens with zero attached hydrogens (tertiary/aromatic N) is 2. The minimum absolute atomic E-state index is 0.257. The van der Waals surface area contributed by atoms with Gasteiger partial charge in [0.25, 0.3) is 5.91 Å². The number of amides is 1. The lowest BCUT2D eigenvalue weighted by molar-refractivity contribution is -0.192. The van der Waals surface area contributed by atoms with Gasteiger partial charge in [0, 0.05) is 6.20 Å². The van der Waals surface area contributed by atoms with E-state index in [0.29, 0.717) is 5.82 Å². The average molecular weight is 251 g/mol. The smallest absolute Gasteiger partial charge is 0.475 e. The summed E-state index contributed by atoms with van der Waals surface area (Å²) in [5.74, 6) is -2.73. The van der Waals surface area contributed by atoms with Gasteiger partial charge in [-0.3, -0.25) is 4.79 Å². The lowest BCUT2D eigenvalue weighted by Crippen LogP contribution is -2.21. The molecule has 0 saturated carbocycles. The van der Waals surface area contributed by atoms with Crippen LogP contribution in [0.1, 0.15) is 16.3 Å². The number of rotatable bonds is 1. The first-order valence-corrected chi connectivity index (χ1v) is 4.04. The van der Waals surface area contributed by atoms with Crippen LogP contribution in [0.2, 0.25) is 0 Å². The predicted octanol–water partition coefficient (Wildman–Crippen LogP) is 0.517. The molecule has 17 heavy (non-hydrogen) atoms. The SMILES string of the molecule is Cc1nccc(C(N)=O)n1.O=C(O)C(F)(F)F. The number of carboxylic acid groups (broad SMARTS) is 1. The van der Waals surface area contributed by atoms with Gasteiger partial charge in [-0.15, -0.1) is 0 Å². The maximum absolute atomic E-state index is 10.6. The zero-order chi connectivity index (χ0) is 13.6. The Morgan fingerprint density at radius 2 is 1.88 bits per heavy atom. The van der Waals surface area contributed by atoms with E-state index in [-0.39, 0.29) is 5.69 Å². The molecule has 94 valence electrons. The number of hydrogen-bond acceptors (Lipinski definition) is 4. The van der Waals surface area contributed by atoms with Crippen molar-refractivity contribution in [3.8, 4) is 0 Å². The van der Waals surface area contributed by atoms with Crippen LogP contribution in [0.25, 0.3) is 0 Å². The van der Waals surface area contributed by atoms with Crippen LogP contribution in [-0.4, -0.2) is 33.1 Å². The maximum Gasteiger partial charge on any atom is 0.490 e. The predicted molar refractivity (Wildman–Crippen MR) is 49.0 cm³/mol. The molecule has 0 aliphatic rings. The molecule has 0 aliphatic carbocycles. The van der Waals surface area contributed by atoms with E-state index in [4.69, 9.17) is 15.6 Å². The lowest BCUT2D eigenvalue weighted by Gasteiger charge is -1.93. The number of aliphatic carboxylic acids is 1. The first kappa shape index (κ1) is 14.8. The highest BCUT2D eigenvalue weighted by molar-refractivity contribution is 5.90. The van der Waals surface area contributed by atoms with Crippen LogP contribution in [0.3, 0.4) is 0 Å². The number of alkyl halides is 3. The summed E-state index contributed by atoms with van der Waals surface area (Å²) in [6.07, 6.45) is -3.58. The van der Waals surface area contributed by atoms with Gasteiger partial charge in [0.05, 0.1) is 0 Å². The molecule has 0 saturated heterocycles. The Morgan fingerprint density at radius 3 is 2.12 bits per heavy atom. The van der Waals surface area contributed by atoms with E-state index in [1.807, 2.05) is 0 Å². The number of nitrogens with two attached hydrogens (primary N) is 1. The highest BCUT2D eigenvalue weighted by atomic mass is 19.4. The minimum atomic E-state index is -5.08. The van der Waals surface area contributed by atoms with Crippen LogP contribution in [0.15, 0.2) is 12.3 Å². The van der Waals surface area contributed by atoms with Gasteiger partial charge in [-0.1, -0.05) is 0 Å². The monoisotopic (exact) mass is 251 g/mol. The van der Waals surface area contributed by atoms with Gasteiger partial charge in [0.1, 0.15) is 11.5 Å². The Kier molecular flexibility index (Phi) is 5.03. The zero-order valence-electron chi connectivity index (χ0n) is 8.52. The average Bonchev–Trinajstić information content (AvgIpc) is 2.17. The van der Waals surface area contributed by atoms with Crippen molar-refractivity contribution in [2.24, 2.45) is 5.73 Å². The molecule has 0 aliphatic heterocycles. The largest absolute Gasteiger partial charge is 0.490 e. The fourth-order valence-corrected chi connectivity index (χ4v) is 0.593. The Labute approximate surface area is 93.3 Å². The van der Waals surface area contributed by atoms with Gasteiger partial charge in [-0.2, -0.15) is 13.2 Å². The fraction of sp³-hybridized carbons (Fsp3) is 0.250. The minimum Gasteiger partial charge on any atom is -0.475 e. The van der Waals surface area contributed by atoms with Gasteiger partial charge in [-0.05, 0) is 13.0 Å². The number of carbonyl (C=O) groups excluding carboxylic acids is 1. The molecule has 0 fully saturated rings. The molecular weight excluding hydrogens is 243 g/mol. The van der Waals surface area contributed by atoms with Crippen molar-refractivity contribution in [1.82, 2.24) is 9.97 Å². The molecule has 0 atom stereocenters. The fourth-order valence-electron chi connectivity index (χ4n) is 0.593. The molecule has 6 nitrogen and oxygen atoms in total. The topological polar surface area (TPSA) is 106 Å². The van der Waals surface area contributed by atoms with Crippen LogP contribution in [0, 0.1) is 6.92 Å². The molecule has 1 aromatic heterocycles. The molecule has 1 aromatic rings. The summed E-state index contributed by atoms with van der Waals surface area (Å²) in [4.78, 5) is 27.0. The molecule has 0 radical (unpaired) electrons. The van der Waals surface area contributed by atoms with Crippen LogP contribution in [0.5, 0.6) is 0 Å². The van der Waals surface area contributed by atoms with Gasteiger partial charge in [0.15, 0.2) is 0 Å². The zero-order valence-corrected chi connectivity index (χ0v) is 8.52. The van der Waals surface area contributed by atoms with Crippen LogP contribution in [-0.2, 0) is 4.79 Å². The molecule has 1 rings (SSSR count). The second kappa shape index (κ2) is 5.77. The van der Waals surface area contributed by atoms with Crippen molar-refractivity contribution >= 4 is 11.9 Å². The van der Waals surface area contributed by atoms with Crippen molar-refractivity contribution in [2.45, 2.75) is 13.1 Å². The van der Waals surface area contributed by atoms with Crippen molar-refractivity contribution < 1.29 is 27.9 Å². The van der Waals surface area contributed by atoms with Crippen molar-refractivity contribution in [2.75, 3.05) is 0 Å². The third kappa shape index (κ3) is 6.07. The normalized spacial score (nSPS) is 10.1. The molecule has 0 unspecified atom stereocenters. The van der Waals surface area contributed by atoms with Crippen molar-refractivity contribution in [1.29, 1.82) is 0 Å². The molecule has 0 bridgehead atoms. The summed E-state index contributed by atoms with van der Waals surface area (Å²) in [5.41, 5.74) is 5.21. The Bertz CT molecular complexity index is 420. The maximum atomic E-state index is 10.6. The van der Waals surface area contributed by atoms with Gasteiger partial charge in [-0.25, -0.2) is 14.8 Å². The van der Waals surface area contributed by atoms with Crippen LogP contribution in [0.4, 0.5) is 13.2 Å². The van der Waals surface area contributed by atoms with Crippen molar-refractivity contribution in [3.63, 3.8) is 0 Å². The van der Waals surface area contributed by atoms with Gasteiger partial charge < -0.3 is 10.8 Å². The quantitative estimate of drug-likeness (QED) is 0.756. The van der Waals surface area contributed by atoms with E-state index in [0.717, 1.165) is 0 Å². The third-order valence-corrected chi connectivity index (χ3v) is 1.27. The van der Waals surface area contributed by atoms with Crippen LogP contribution < -0.4 is 5.73 Å². The standard InChI is InChI=1S/C6H7N3O.C2HF3O2/c1-4-8-3-2-5(9-4)6(7)10;3-2(4,5)1(6)7/h2-3H,1H3,(H2,7,10);(H,6,7). The highest BCUT2D eigenvalue weighted by Gasteiger charge is 2.38. The van der Waals surface area contributed by atoms with E-state index in [9.17, 15) is 18.0 Å². The van der Waals surface area contributed by atoms with Gasteiger partial charge >= 0.3 is 12.1 Å². The number of halogens is 3. The van der Waals surface area contributed by atoms with Gasteiger partial charge in [0.2, 0.25) is 0 Å². The summed E-state index contributed by atoms with van der Waals surface area (Å²) in [6, 6.07) is 1.48. The van der Waals surface area contributed by atoms with E-state index in [1.165, 1.54) is 12.3 Å². The number of aromatic nitrogens is 2. The number of hydrogen-bond donors (Lipinski definition) is 2. The number of aryl methyl sites for hydroxylation is 1. The van der Waals surface area contributed by atoms with E-state index in [2.05, 4.69) is 9.97 Å². The van der Waals surface area contributed by atoms with E-state index < -0.39 is 18.1 Å². The Morgan fingerprint density at radius 1 is 1.41 bits per heavy atom. The number of primary amides is 1. The van der Waals surface area contributed by atoms with E-state index >= 15 is 0 Å². The lowest BCUT2D eigenvalue weighted by atomic mass is 10.4. The first-order valence-electron chi connectivity index (χ1n) is 4.04. The summed E-state index contributed by atoms with van der Waals surface area (Å²) in [6.45, 7) is 1.70. The third-order valence-electron chi connectivity index (χ3n) is 1.27. The molecule has 0 spiro atoms. The van der Waals surface area contributed by atoms with Crippen LogP contribution >= 0.6 is 0 Å². The number of carboxylic acids is 1. The second-order valence-electron chi connectivity index (χ2n) is 2.66. The summed E-state index contributed by atoms with van der Waals surface area (Å²) >= 11 is 0. The summed E-state index contributed by atoms with van der Waals surface area (Å²) < 4.78 is 31.7. The Hall–Kier alpha value is -2.19. The molecular formula is C8H8F3N3O3. The number of carbonyl (C=O) groups is 2. The second-order valence-corrected chi connectivity index (χ2v) is 2.66. The van der Waals surface area contributed by atoms with Crippen molar-refractivity contribution in [3.05, 3.63) is 23.8 Å². The molecule has 9 heteroatoms. The molecule has 3 N–H and O–H groups in total. The molecule has 1 amide bonds. The summed E-state index contributed by atoms with van der Waals surface area (Å²) in [5, 5.41) is 7.12. The molecule has 1 heterocycles.